The molecule has 0 aliphatic heterocycles. The lowest BCUT2D eigenvalue weighted by Gasteiger charge is -2.02. The number of benzene rings is 1. The molecule has 2 N–H and O–H groups in total. The summed E-state index contributed by atoms with van der Waals surface area (Å²) in [5, 5.41) is 29.8. The van der Waals surface area contributed by atoms with Gasteiger partial charge in [0.2, 0.25) is 11.2 Å². The second-order valence-electron chi connectivity index (χ2n) is 4.62. The van der Waals surface area contributed by atoms with E-state index in [0.29, 0.717) is 0 Å². The van der Waals surface area contributed by atoms with Gasteiger partial charge in [-0.2, -0.15) is 0 Å². The van der Waals surface area contributed by atoms with Gasteiger partial charge in [0.15, 0.2) is 11.5 Å². The van der Waals surface area contributed by atoms with E-state index in [2.05, 4.69) is 0 Å². The van der Waals surface area contributed by atoms with Crippen molar-refractivity contribution in [2.45, 2.75) is 6.92 Å². The van der Waals surface area contributed by atoms with Gasteiger partial charge in [0, 0.05) is 23.3 Å². The largest absolute Gasteiger partial charge is 0.504 e. The normalized spacial score (nSPS) is 10.2. The summed E-state index contributed by atoms with van der Waals surface area (Å²) in [5.41, 5.74) is -0.837. The van der Waals surface area contributed by atoms with E-state index in [1.54, 1.807) is 0 Å². The van der Waals surface area contributed by atoms with Crippen LogP contribution in [-0.4, -0.2) is 20.9 Å². The predicted molar refractivity (Wildman–Crippen MR) is 77.3 cm³/mol. The van der Waals surface area contributed by atoms with Crippen LogP contribution in [0.25, 0.3) is 0 Å². The highest BCUT2D eigenvalue weighted by atomic mass is 16.6. The Hall–Kier alpha value is -3.22. The van der Waals surface area contributed by atoms with Crippen LogP contribution in [0.3, 0.4) is 0 Å². The quantitative estimate of drug-likeness (QED) is 0.508. The van der Waals surface area contributed by atoms with Gasteiger partial charge < -0.3 is 10.2 Å². The Kier molecular flexibility index (Phi) is 3.89. The number of hydrogen-bond donors (Lipinski definition) is 2. The average molecular weight is 301 g/mol. The average Bonchev–Trinajstić information content (AvgIpc) is 2.58. The van der Waals surface area contributed by atoms with Crippen molar-refractivity contribution < 1.29 is 19.9 Å². The summed E-state index contributed by atoms with van der Waals surface area (Å²) in [7, 11) is 0. The van der Waals surface area contributed by atoms with Crippen molar-refractivity contribution in [2.75, 3.05) is 0 Å². The molecule has 0 radical (unpaired) electrons. The van der Waals surface area contributed by atoms with E-state index in [4.69, 9.17) is 0 Å². The van der Waals surface area contributed by atoms with Crippen LogP contribution >= 0.6 is 0 Å². The number of carbonyl (C=O) groups is 1. The molecule has 0 fully saturated rings. The lowest BCUT2D eigenvalue weighted by atomic mass is 10.0. The number of ketones is 1. The molecule has 0 amide bonds. The zero-order valence-corrected chi connectivity index (χ0v) is 11.4. The highest BCUT2D eigenvalue weighted by Crippen LogP contribution is 2.24. The van der Waals surface area contributed by atoms with Crippen molar-refractivity contribution >= 4 is 11.5 Å². The number of nitrogens with zero attached hydrogens (tertiary/aromatic N) is 1. The number of nitro groups is 1. The molecule has 0 saturated carbocycles. The summed E-state index contributed by atoms with van der Waals surface area (Å²) in [4.78, 5) is 34.1. The van der Waals surface area contributed by atoms with Crippen LogP contribution in [0.4, 0.5) is 5.69 Å². The van der Waals surface area contributed by atoms with Crippen LogP contribution in [0.15, 0.2) is 41.2 Å². The minimum atomic E-state index is -0.860. The van der Waals surface area contributed by atoms with Crippen molar-refractivity contribution in [2.24, 2.45) is 0 Å². The number of aromatic hydroxyl groups is 2. The van der Waals surface area contributed by atoms with Crippen molar-refractivity contribution in [3.05, 3.63) is 73.4 Å². The monoisotopic (exact) mass is 301 g/mol. The van der Waals surface area contributed by atoms with E-state index in [1.807, 2.05) is 0 Å². The number of nitro benzene ring substituents is 1. The second-order valence-corrected chi connectivity index (χ2v) is 4.62. The lowest BCUT2D eigenvalue weighted by Crippen LogP contribution is -2.04. The van der Waals surface area contributed by atoms with Crippen LogP contribution in [-0.2, 0) is 0 Å². The van der Waals surface area contributed by atoms with E-state index in [-0.39, 0.29) is 22.4 Å². The molecule has 0 heterocycles. The van der Waals surface area contributed by atoms with Gasteiger partial charge in [-0.1, -0.05) is 12.1 Å². The number of non-ortho nitro benzene ring substituents is 1. The molecule has 112 valence electrons. The molecule has 2 rings (SSSR count). The van der Waals surface area contributed by atoms with E-state index in [1.165, 1.54) is 25.1 Å². The summed E-state index contributed by atoms with van der Waals surface area (Å²) in [6, 6.07) is 7.07. The molecule has 0 aliphatic rings. The summed E-state index contributed by atoms with van der Waals surface area (Å²) in [5.74, 6) is -2.19. The molecule has 7 nitrogen and oxygen atoms in total. The molecule has 0 saturated heterocycles. The van der Waals surface area contributed by atoms with Gasteiger partial charge in [0.25, 0.3) is 5.69 Å². The molecule has 2 aromatic carbocycles. The maximum Gasteiger partial charge on any atom is 0.270 e. The Morgan fingerprint density at radius 2 is 1.86 bits per heavy atom. The minimum Gasteiger partial charge on any atom is -0.504 e. The minimum absolute atomic E-state index is 0.0320. The number of aryl methyl sites for hydroxylation is 1. The Morgan fingerprint density at radius 1 is 1.18 bits per heavy atom. The van der Waals surface area contributed by atoms with Crippen molar-refractivity contribution in [3.8, 4) is 11.5 Å². The predicted octanol–water partition coefficient (Wildman–Crippen LogP) is 1.91. The lowest BCUT2D eigenvalue weighted by molar-refractivity contribution is -0.384. The van der Waals surface area contributed by atoms with Gasteiger partial charge in [-0.25, -0.2) is 0 Å². The van der Waals surface area contributed by atoms with Crippen LogP contribution in [0.1, 0.15) is 21.5 Å². The molecule has 0 spiro atoms. The Bertz CT molecular complexity index is 844. The fourth-order valence-corrected chi connectivity index (χ4v) is 1.95. The molecule has 7 heteroatoms. The van der Waals surface area contributed by atoms with Gasteiger partial charge in [-0.3, -0.25) is 19.7 Å². The van der Waals surface area contributed by atoms with E-state index < -0.39 is 27.6 Å². The first-order chi connectivity index (χ1) is 10.3. The Labute approximate surface area is 124 Å². The fourth-order valence-electron chi connectivity index (χ4n) is 1.95. The number of rotatable bonds is 3. The first-order valence-electron chi connectivity index (χ1n) is 6.17. The maximum absolute atomic E-state index is 12.4. The molecule has 0 aromatic heterocycles. The topological polar surface area (TPSA) is 118 Å². The van der Waals surface area contributed by atoms with Gasteiger partial charge in [0.05, 0.1) is 4.92 Å². The molecular weight excluding hydrogens is 290 g/mol. The van der Waals surface area contributed by atoms with E-state index in [9.17, 15) is 29.9 Å². The molecule has 0 atom stereocenters. The third kappa shape index (κ3) is 2.78. The fraction of sp³-hybridized carbons (Fsp3) is 0.0667. The second kappa shape index (κ2) is 5.65. The Balaban J connectivity index is 2.62. The van der Waals surface area contributed by atoms with Crippen molar-refractivity contribution in [1.29, 1.82) is 0 Å². The standard InChI is InChI=1S/C15H11NO6/c1-8-5-12(17)15(20)13(18)7-11(8)14(19)9-3-2-4-10(6-9)16(21)22/h2-7H,1H3,(H2,17,18,20). The highest BCUT2D eigenvalue weighted by Gasteiger charge is 2.17. The van der Waals surface area contributed by atoms with Crippen LogP contribution in [0.5, 0.6) is 11.5 Å². The summed E-state index contributed by atoms with van der Waals surface area (Å²) >= 11 is 0. The molecule has 0 unspecified atom stereocenters. The molecule has 0 bridgehead atoms. The van der Waals surface area contributed by atoms with Gasteiger partial charge in [0.1, 0.15) is 0 Å². The SMILES string of the molecule is Cc1cc(=O)c(O)c(O)cc1C(=O)c1cccc([N+](=O)[O-])c1. The molecule has 2 aromatic rings. The summed E-state index contributed by atoms with van der Waals surface area (Å²) < 4.78 is 0. The molecular formula is C15H11NO6. The van der Waals surface area contributed by atoms with Gasteiger partial charge >= 0.3 is 0 Å². The van der Waals surface area contributed by atoms with Crippen molar-refractivity contribution in [3.63, 3.8) is 0 Å². The van der Waals surface area contributed by atoms with Gasteiger partial charge in [-0.05, 0) is 24.6 Å². The van der Waals surface area contributed by atoms with Crippen LogP contribution < -0.4 is 5.43 Å². The zero-order chi connectivity index (χ0) is 16.4. The van der Waals surface area contributed by atoms with Crippen LogP contribution in [0.2, 0.25) is 0 Å². The summed E-state index contributed by atoms with van der Waals surface area (Å²) in [6.07, 6.45) is 0. The smallest absolute Gasteiger partial charge is 0.270 e. The first kappa shape index (κ1) is 15.2. The molecule has 0 aliphatic carbocycles. The van der Waals surface area contributed by atoms with Gasteiger partial charge in [-0.15, -0.1) is 0 Å². The van der Waals surface area contributed by atoms with Crippen LogP contribution in [0, 0.1) is 17.0 Å². The number of hydrogen-bond acceptors (Lipinski definition) is 6. The van der Waals surface area contributed by atoms with E-state index >= 15 is 0 Å². The summed E-state index contributed by atoms with van der Waals surface area (Å²) in [6.45, 7) is 1.46. The molecule has 22 heavy (non-hydrogen) atoms. The first-order valence-corrected chi connectivity index (χ1v) is 6.17. The number of carbonyl (C=O) groups excluding carboxylic acids is 1. The zero-order valence-electron chi connectivity index (χ0n) is 11.4. The maximum atomic E-state index is 12.4. The Morgan fingerprint density at radius 3 is 2.50 bits per heavy atom. The van der Waals surface area contributed by atoms with Crippen molar-refractivity contribution in [1.82, 2.24) is 0 Å². The highest BCUT2D eigenvalue weighted by molar-refractivity contribution is 6.10. The third-order valence-electron chi connectivity index (χ3n) is 3.09. The van der Waals surface area contributed by atoms with E-state index in [0.717, 1.165) is 18.2 Å². The third-order valence-corrected chi connectivity index (χ3v) is 3.09.